The molecular formula is C13H10F3NO2. The highest BCUT2D eigenvalue weighted by Gasteiger charge is 2.32. The minimum atomic E-state index is -4.45. The van der Waals surface area contributed by atoms with Crippen LogP contribution in [0.5, 0.6) is 0 Å². The second kappa shape index (κ2) is 4.87. The van der Waals surface area contributed by atoms with Crippen molar-refractivity contribution in [2.45, 2.75) is 19.0 Å². The zero-order valence-electron chi connectivity index (χ0n) is 9.74. The Balaban J connectivity index is 2.42. The maximum atomic E-state index is 12.8. The highest BCUT2D eigenvalue weighted by Crippen LogP contribution is 2.34. The second-order valence-electron chi connectivity index (χ2n) is 4.13. The summed E-state index contributed by atoms with van der Waals surface area (Å²) in [7, 11) is 0. The number of halogens is 3. The summed E-state index contributed by atoms with van der Waals surface area (Å²) in [4.78, 5) is 14.0. The van der Waals surface area contributed by atoms with Gasteiger partial charge in [-0.05, 0) is 23.4 Å². The van der Waals surface area contributed by atoms with Crippen LogP contribution in [0.1, 0.15) is 17.5 Å². The Hall–Kier alpha value is -2.11. The molecule has 0 saturated carbocycles. The van der Waals surface area contributed by atoms with Crippen molar-refractivity contribution in [1.29, 1.82) is 0 Å². The summed E-state index contributed by atoms with van der Waals surface area (Å²) in [6, 6.07) is 4.41. The van der Waals surface area contributed by atoms with Crippen molar-refractivity contribution >= 4 is 16.7 Å². The first-order valence-corrected chi connectivity index (χ1v) is 5.53. The van der Waals surface area contributed by atoms with E-state index < -0.39 is 17.7 Å². The lowest BCUT2D eigenvalue weighted by Gasteiger charge is -2.10. The maximum Gasteiger partial charge on any atom is 0.418 e. The van der Waals surface area contributed by atoms with Gasteiger partial charge in [0.1, 0.15) is 0 Å². The van der Waals surface area contributed by atoms with Gasteiger partial charge in [0.25, 0.3) is 0 Å². The second-order valence-corrected chi connectivity index (χ2v) is 4.13. The van der Waals surface area contributed by atoms with E-state index in [-0.39, 0.29) is 18.2 Å². The third kappa shape index (κ3) is 3.01. The standard InChI is InChI=1S/C13H10F3NO2/c14-13(15,16)11-7-17-6-9-5-8(1-3-10(9)11)2-4-12(18)19/h1,3,5-7H,2,4H2,(H,18,19). The molecule has 100 valence electrons. The number of alkyl halides is 3. The number of carboxylic acids is 1. The Bertz CT molecular complexity index is 623. The van der Waals surface area contributed by atoms with Crippen LogP contribution in [0.4, 0.5) is 13.2 Å². The van der Waals surface area contributed by atoms with Gasteiger partial charge in [-0.15, -0.1) is 0 Å². The molecule has 1 N–H and O–H groups in total. The molecule has 0 amide bonds. The molecule has 1 heterocycles. The highest BCUT2D eigenvalue weighted by atomic mass is 19.4. The highest BCUT2D eigenvalue weighted by molar-refractivity contribution is 5.85. The van der Waals surface area contributed by atoms with Crippen molar-refractivity contribution in [2.75, 3.05) is 0 Å². The topological polar surface area (TPSA) is 50.2 Å². The SMILES string of the molecule is O=C(O)CCc1ccc2c(C(F)(F)F)cncc2c1. The number of carboxylic acid groups (broad SMARTS) is 1. The van der Waals surface area contributed by atoms with Crippen molar-refractivity contribution < 1.29 is 23.1 Å². The molecule has 19 heavy (non-hydrogen) atoms. The zero-order valence-corrected chi connectivity index (χ0v) is 9.74. The summed E-state index contributed by atoms with van der Waals surface area (Å²) in [6.45, 7) is 0. The van der Waals surface area contributed by atoms with Gasteiger partial charge in [-0.2, -0.15) is 13.2 Å². The summed E-state index contributed by atoms with van der Waals surface area (Å²) in [5.74, 6) is -0.942. The van der Waals surface area contributed by atoms with Crippen LogP contribution in [-0.2, 0) is 17.4 Å². The Morgan fingerprint density at radius 1 is 1.26 bits per heavy atom. The number of rotatable bonds is 3. The number of fused-ring (bicyclic) bond motifs is 1. The van der Waals surface area contributed by atoms with E-state index in [0.29, 0.717) is 10.9 Å². The molecule has 0 saturated heterocycles. The molecule has 1 aromatic heterocycles. The number of nitrogens with zero attached hydrogens (tertiary/aromatic N) is 1. The van der Waals surface area contributed by atoms with Gasteiger partial charge in [0.15, 0.2) is 0 Å². The first kappa shape index (κ1) is 13.3. The molecule has 0 unspecified atom stereocenters. The largest absolute Gasteiger partial charge is 0.481 e. The van der Waals surface area contributed by atoms with E-state index in [4.69, 9.17) is 5.11 Å². The molecule has 1 aromatic carbocycles. The van der Waals surface area contributed by atoms with Gasteiger partial charge >= 0.3 is 12.1 Å². The van der Waals surface area contributed by atoms with Crippen LogP contribution in [0.2, 0.25) is 0 Å². The fourth-order valence-corrected chi connectivity index (χ4v) is 1.86. The van der Waals surface area contributed by atoms with Crippen molar-refractivity contribution in [1.82, 2.24) is 4.98 Å². The average Bonchev–Trinajstić information content (AvgIpc) is 2.34. The summed E-state index contributed by atoms with van der Waals surface area (Å²) in [6.07, 6.45) is -2.09. The Morgan fingerprint density at radius 3 is 2.63 bits per heavy atom. The molecule has 0 aliphatic carbocycles. The normalized spacial score (nSPS) is 11.7. The number of aliphatic carboxylic acids is 1. The summed E-state index contributed by atoms with van der Waals surface area (Å²) >= 11 is 0. The van der Waals surface area contributed by atoms with Crippen LogP contribution in [-0.4, -0.2) is 16.1 Å². The molecule has 0 aliphatic heterocycles. The summed E-state index contributed by atoms with van der Waals surface area (Å²) in [5.41, 5.74) is -0.106. The molecule has 0 bridgehead atoms. The van der Waals surface area contributed by atoms with E-state index in [1.54, 1.807) is 6.07 Å². The predicted octanol–water partition coefficient (Wildman–Crippen LogP) is 3.27. The van der Waals surface area contributed by atoms with E-state index in [0.717, 1.165) is 6.20 Å². The predicted molar refractivity (Wildman–Crippen MR) is 62.7 cm³/mol. The molecule has 3 nitrogen and oxygen atoms in total. The number of carbonyl (C=O) groups is 1. The van der Waals surface area contributed by atoms with Gasteiger partial charge in [0, 0.05) is 24.2 Å². The number of hydrogen-bond acceptors (Lipinski definition) is 2. The van der Waals surface area contributed by atoms with Crippen LogP contribution >= 0.6 is 0 Å². The first-order chi connectivity index (χ1) is 8.88. The van der Waals surface area contributed by atoms with Crippen LogP contribution in [0.25, 0.3) is 10.8 Å². The lowest BCUT2D eigenvalue weighted by Crippen LogP contribution is -2.06. The summed E-state index contributed by atoms with van der Waals surface area (Å²) < 4.78 is 38.3. The zero-order chi connectivity index (χ0) is 14.0. The van der Waals surface area contributed by atoms with Gasteiger partial charge in [0.2, 0.25) is 0 Å². The Labute approximate surface area is 106 Å². The Kier molecular flexibility index (Phi) is 3.42. The number of aryl methyl sites for hydroxylation is 1. The van der Waals surface area contributed by atoms with Crippen molar-refractivity contribution in [2.24, 2.45) is 0 Å². The van der Waals surface area contributed by atoms with Gasteiger partial charge in [0.05, 0.1) is 5.56 Å². The minimum absolute atomic E-state index is 0.0576. The third-order valence-electron chi connectivity index (χ3n) is 2.76. The molecule has 0 aliphatic rings. The quantitative estimate of drug-likeness (QED) is 0.930. The monoisotopic (exact) mass is 269 g/mol. The van der Waals surface area contributed by atoms with Gasteiger partial charge in [-0.1, -0.05) is 12.1 Å². The Morgan fingerprint density at radius 2 is 2.00 bits per heavy atom. The molecule has 0 spiro atoms. The summed E-state index contributed by atoms with van der Waals surface area (Å²) in [5, 5.41) is 9.01. The van der Waals surface area contributed by atoms with Gasteiger partial charge in [-0.3, -0.25) is 9.78 Å². The number of hydrogen-bond donors (Lipinski definition) is 1. The van der Waals surface area contributed by atoms with E-state index >= 15 is 0 Å². The first-order valence-electron chi connectivity index (χ1n) is 5.53. The number of aromatic nitrogens is 1. The van der Waals surface area contributed by atoms with Crippen LogP contribution in [0.3, 0.4) is 0 Å². The van der Waals surface area contributed by atoms with Crippen molar-refractivity contribution in [3.63, 3.8) is 0 Å². The molecule has 0 radical (unpaired) electrons. The fourth-order valence-electron chi connectivity index (χ4n) is 1.86. The van der Waals surface area contributed by atoms with E-state index in [1.165, 1.54) is 18.3 Å². The third-order valence-corrected chi connectivity index (χ3v) is 2.76. The van der Waals surface area contributed by atoms with E-state index in [9.17, 15) is 18.0 Å². The van der Waals surface area contributed by atoms with E-state index in [1.807, 2.05) is 0 Å². The molecule has 2 rings (SSSR count). The molecule has 2 aromatic rings. The van der Waals surface area contributed by atoms with Crippen LogP contribution in [0.15, 0.2) is 30.6 Å². The minimum Gasteiger partial charge on any atom is -0.481 e. The molecule has 6 heteroatoms. The number of benzene rings is 1. The van der Waals surface area contributed by atoms with Crippen molar-refractivity contribution in [3.05, 3.63) is 41.7 Å². The van der Waals surface area contributed by atoms with Crippen LogP contribution < -0.4 is 0 Å². The number of pyridine rings is 1. The fraction of sp³-hybridized carbons (Fsp3) is 0.231. The maximum absolute atomic E-state index is 12.8. The van der Waals surface area contributed by atoms with E-state index in [2.05, 4.69) is 4.98 Å². The smallest absolute Gasteiger partial charge is 0.418 e. The average molecular weight is 269 g/mol. The lowest BCUT2D eigenvalue weighted by atomic mass is 10.0. The lowest BCUT2D eigenvalue weighted by molar-refractivity contribution is -0.137. The molecule has 0 atom stereocenters. The molecule has 0 fully saturated rings. The van der Waals surface area contributed by atoms with Crippen LogP contribution in [0, 0.1) is 0 Å². The van der Waals surface area contributed by atoms with Crippen molar-refractivity contribution in [3.8, 4) is 0 Å². The van der Waals surface area contributed by atoms with Gasteiger partial charge < -0.3 is 5.11 Å². The molecular weight excluding hydrogens is 259 g/mol. The van der Waals surface area contributed by atoms with Gasteiger partial charge in [-0.25, -0.2) is 0 Å².